The van der Waals surface area contributed by atoms with Crippen LogP contribution in [0.3, 0.4) is 0 Å². The minimum absolute atomic E-state index is 0.0700. The van der Waals surface area contributed by atoms with E-state index >= 15 is 0 Å². The maximum Gasteiger partial charge on any atom is 0.226 e. The van der Waals surface area contributed by atoms with Gasteiger partial charge in [0.2, 0.25) is 11.8 Å². The maximum atomic E-state index is 12.8. The molecule has 1 aliphatic rings. The van der Waals surface area contributed by atoms with Crippen molar-refractivity contribution in [3.05, 3.63) is 65.2 Å². The zero-order valence-electron chi connectivity index (χ0n) is 17.5. The van der Waals surface area contributed by atoms with Gasteiger partial charge >= 0.3 is 0 Å². The molecule has 0 saturated carbocycles. The van der Waals surface area contributed by atoms with Gasteiger partial charge in [-0.25, -0.2) is 0 Å². The van der Waals surface area contributed by atoms with Gasteiger partial charge in [0.25, 0.3) is 0 Å². The van der Waals surface area contributed by atoms with Crippen molar-refractivity contribution in [2.75, 3.05) is 20.2 Å². The van der Waals surface area contributed by atoms with Crippen molar-refractivity contribution in [3.8, 4) is 5.75 Å². The Kier molecular flexibility index (Phi) is 6.57. The van der Waals surface area contributed by atoms with Crippen LogP contribution in [0.1, 0.15) is 36.5 Å². The molecule has 5 heteroatoms. The number of amides is 2. The van der Waals surface area contributed by atoms with Crippen LogP contribution in [0.25, 0.3) is 0 Å². The number of nitrogens with zero attached hydrogens (tertiary/aromatic N) is 1. The summed E-state index contributed by atoms with van der Waals surface area (Å²) >= 11 is 0. The largest absolute Gasteiger partial charge is 0.497 e. The van der Waals surface area contributed by atoms with Crippen molar-refractivity contribution >= 4 is 11.8 Å². The van der Waals surface area contributed by atoms with Crippen molar-refractivity contribution in [1.29, 1.82) is 0 Å². The number of nitrogens with one attached hydrogen (secondary N) is 1. The molecule has 0 unspecified atom stereocenters. The highest BCUT2D eigenvalue weighted by Crippen LogP contribution is 2.31. The number of benzene rings is 2. The Morgan fingerprint density at radius 1 is 1.10 bits per heavy atom. The topological polar surface area (TPSA) is 58.6 Å². The van der Waals surface area contributed by atoms with Gasteiger partial charge in [-0.3, -0.25) is 9.59 Å². The van der Waals surface area contributed by atoms with Crippen LogP contribution in [0, 0.1) is 12.3 Å². The predicted molar refractivity (Wildman–Crippen MR) is 114 cm³/mol. The van der Waals surface area contributed by atoms with Gasteiger partial charge in [-0.05, 0) is 48.6 Å². The average Bonchev–Trinajstić information content (AvgIpc) is 2.73. The summed E-state index contributed by atoms with van der Waals surface area (Å²) < 4.78 is 5.23. The van der Waals surface area contributed by atoms with E-state index in [0.29, 0.717) is 38.9 Å². The molecule has 0 radical (unpaired) electrons. The summed E-state index contributed by atoms with van der Waals surface area (Å²) in [6, 6.07) is 15.7. The lowest BCUT2D eigenvalue weighted by atomic mass is 9.79. The number of ether oxygens (including phenoxy) is 1. The van der Waals surface area contributed by atoms with Gasteiger partial charge in [-0.2, -0.15) is 0 Å². The first-order valence-electron chi connectivity index (χ1n) is 10.1. The average molecular weight is 395 g/mol. The molecule has 1 N–H and O–H groups in total. The molecular formula is C24H30N2O3. The highest BCUT2D eigenvalue weighted by atomic mass is 16.5. The third kappa shape index (κ3) is 5.17. The molecule has 1 heterocycles. The summed E-state index contributed by atoms with van der Waals surface area (Å²) in [6.07, 6.45) is 1.71. The fourth-order valence-corrected chi connectivity index (χ4v) is 3.74. The number of carbonyl (C=O) groups excluding carboxylic acids is 2. The zero-order chi connectivity index (χ0) is 20.9. The molecule has 3 rings (SSSR count). The van der Waals surface area contributed by atoms with Crippen molar-refractivity contribution < 1.29 is 14.3 Å². The number of aryl methyl sites for hydroxylation is 1. The van der Waals surface area contributed by atoms with E-state index in [1.807, 2.05) is 54.3 Å². The summed E-state index contributed by atoms with van der Waals surface area (Å²) in [7, 11) is 1.62. The van der Waals surface area contributed by atoms with Crippen LogP contribution in [0.2, 0.25) is 0 Å². The second-order valence-electron chi connectivity index (χ2n) is 8.08. The first-order valence-corrected chi connectivity index (χ1v) is 10.1. The summed E-state index contributed by atoms with van der Waals surface area (Å²) in [4.78, 5) is 27.4. The number of hydrogen-bond acceptors (Lipinski definition) is 3. The van der Waals surface area contributed by atoms with Gasteiger partial charge in [-0.1, -0.05) is 43.3 Å². The third-order valence-corrected chi connectivity index (χ3v) is 5.96. The molecular weight excluding hydrogens is 364 g/mol. The Morgan fingerprint density at radius 3 is 2.52 bits per heavy atom. The molecule has 0 spiro atoms. The van der Waals surface area contributed by atoms with E-state index in [9.17, 15) is 9.59 Å². The first-order chi connectivity index (χ1) is 13.9. The van der Waals surface area contributed by atoms with Crippen molar-refractivity contribution in [1.82, 2.24) is 10.2 Å². The van der Waals surface area contributed by atoms with Crippen molar-refractivity contribution in [2.45, 2.75) is 39.7 Å². The Hall–Kier alpha value is -2.82. The Bertz CT molecular complexity index is 870. The Balaban J connectivity index is 1.52. The van der Waals surface area contributed by atoms with E-state index in [2.05, 4.69) is 18.3 Å². The molecule has 2 aromatic rings. The van der Waals surface area contributed by atoms with E-state index in [4.69, 9.17) is 4.74 Å². The fraction of sp³-hybridized carbons (Fsp3) is 0.417. The molecule has 0 aliphatic carbocycles. The van der Waals surface area contributed by atoms with Gasteiger partial charge in [-0.15, -0.1) is 0 Å². The maximum absolute atomic E-state index is 12.8. The SMILES string of the molecule is COc1cccc(CC(=O)N2CCC(C)(C(=O)NCc3ccccc3C)CC2)c1. The first kappa shape index (κ1) is 20.9. The summed E-state index contributed by atoms with van der Waals surface area (Å²) in [6.45, 7) is 5.81. The fourth-order valence-electron chi connectivity index (χ4n) is 3.74. The lowest BCUT2D eigenvalue weighted by Gasteiger charge is -2.38. The highest BCUT2D eigenvalue weighted by molar-refractivity contribution is 5.83. The second kappa shape index (κ2) is 9.12. The van der Waals surface area contributed by atoms with Crippen molar-refractivity contribution in [2.24, 2.45) is 5.41 Å². The lowest BCUT2D eigenvalue weighted by molar-refractivity contribution is -0.139. The van der Waals surface area contributed by atoms with Gasteiger partial charge in [0.1, 0.15) is 5.75 Å². The monoisotopic (exact) mass is 394 g/mol. The molecule has 2 amide bonds. The molecule has 29 heavy (non-hydrogen) atoms. The van der Waals surface area contributed by atoms with Crippen LogP contribution in [-0.4, -0.2) is 36.9 Å². The predicted octanol–water partition coefficient (Wildman–Crippen LogP) is 3.49. The number of piperidine rings is 1. The van der Waals surface area contributed by atoms with Crippen LogP contribution < -0.4 is 10.1 Å². The Labute approximate surface area is 173 Å². The molecule has 5 nitrogen and oxygen atoms in total. The van der Waals surface area contributed by atoms with Gasteiger partial charge in [0.15, 0.2) is 0 Å². The van der Waals surface area contributed by atoms with Crippen LogP contribution in [-0.2, 0) is 22.6 Å². The molecule has 154 valence electrons. The van der Waals surface area contributed by atoms with E-state index < -0.39 is 5.41 Å². The molecule has 1 aliphatic heterocycles. The number of likely N-dealkylation sites (tertiary alicyclic amines) is 1. The van der Waals surface area contributed by atoms with Crippen LogP contribution in [0.5, 0.6) is 5.75 Å². The minimum atomic E-state index is -0.435. The summed E-state index contributed by atoms with van der Waals surface area (Å²) in [5.74, 6) is 0.924. The summed E-state index contributed by atoms with van der Waals surface area (Å²) in [5, 5.41) is 3.09. The molecule has 1 fully saturated rings. The van der Waals surface area contributed by atoms with Gasteiger partial charge in [0, 0.05) is 25.0 Å². The molecule has 1 saturated heterocycles. The van der Waals surface area contributed by atoms with Crippen LogP contribution in [0.4, 0.5) is 0 Å². The minimum Gasteiger partial charge on any atom is -0.497 e. The third-order valence-electron chi connectivity index (χ3n) is 5.96. The number of hydrogen-bond donors (Lipinski definition) is 1. The second-order valence-corrected chi connectivity index (χ2v) is 8.08. The molecule has 0 bridgehead atoms. The summed E-state index contributed by atoms with van der Waals surface area (Å²) in [5.41, 5.74) is 2.82. The standard InChI is InChI=1S/C24H30N2O3/c1-18-7-4-5-9-20(18)17-25-23(28)24(2)11-13-26(14-12-24)22(27)16-19-8-6-10-21(15-19)29-3/h4-10,15H,11-14,16-17H2,1-3H3,(H,25,28). The lowest BCUT2D eigenvalue weighted by Crippen LogP contribution is -2.49. The van der Waals surface area contributed by atoms with E-state index in [-0.39, 0.29) is 11.8 Å². The zero-order valence-corrected chi connectivity index (χ0v) is 17.5. The van der Waals surface area contributed by atoms with Gasteiger partial charge in [0.05, 0.1) is 13.5 Å². The smallest absolute Gasteiger partial charge is 0.226 e. The van der Waals surface area contributed by atoms with Crippen LogP contribution in [0.15, 0.2) is 48.5 Å². The molecule has 0 atom stereocenters. The van der Waals surface area contributed by atoms with Gasteiger partial charge < -0.3 is 15.0 Å². The number of carbonyl (C=O) groups is 2. The normalized spacial score (nSPS) is 15.6. The van der Waals surface area contributed by atoms with Crippen molar-refractivity contribution in [3.63, 3.8) is 0 Å². The van der Waals surface area contributed by atoms with E-state index in [1.54, 1.807) is 7.11 Å². The highest BCUT2D eigenvalue weighted by Gasteiger charge is 2.37. The van der Waals surface area contributed by atoms with E-state index in [1.165, 1.54) is 5.56 Å². The van der Waals surface area contributed by atoms with E-state index in [0.717, 1.165) is 16.9 Å². The quantitative estimate of drug-likeness (QED) is 0.816. The molecule has 2 aromatic carbocycles. The Morgan fingerprint density at radius 2 is 1.83 bits per heavy atom. The number of rotatable bonds is 6. The van der Waals surface area contributed by atoms with Crippen LogP contribution >= 0.6 is 0 Å². The molecule has 0 aromatic heterocycles. The number of methoxy groups -OCH3 is 1.